The first-order valence-electron chi connectivity index (χ1n) is 6.70. The zero-order valence-corrected chi connectivity index (χ0v) is 10.9. The van der Waals surface area contributed by atoms with Gasteiger partial charge in [0.05, 0.1) is 6.20 Å². The van der Waals surface area contributed by atoms with Gasteiger partial charge in [0.25, 0.3) is 0 Å². The predicted molar refractivity (Wildman–Crippen MR) is 71.0 cm³/mol. The number of hydrogen-bond donors (Lipinski definition) is 2. The van der Waals surface area contributed by atoms with Gasteiger partial charge in [-0.3, -0.25) is 5.10 Å². The lowest BCUT2D eigenvalue weighted by molar-refractivity contribution is 0.326. The van der Waals surface area contributed by atoms with Crippen LogP contribution >= 0.6 is 0 Å². The molecule has 4 nitrogen and oxygen atoms in total. The SMILES string of the molecule is CC(C)[C@@H]1[C@@H](CN)CCCCN1c1ccn[nH]1. The Hall–Kier alpha value is -1.03. The highest BCUT2D eigenvalue weighted by Gasteiger charge is 2.31. The van der Waals surface area contributed by atoms with Crippen LogP contribution in [0, 0.1) is 11.8 Å². The summed E-state index contributed by atoms with van der Waals surface area (Å²) in [5.41, 5.74) is 5.96. The summed E-state index contributed by atoms with van der Waals surface area (Å²) in [6.45, 7) is 6.49. The third-order valence-electron chi connectivity index (χ3n) is 3.85. The summed E-state index contributed by atoms with van der Waals surface area (Å²) in [6, 6.07) is 2.59. The van der Waals surface area contributed by atoms with Crippen LogP contribution in [0.15, 0.2) is 12.3 Å². The van der Waals surface area contributed by atoms with Gasteiger partial charge in [0.2, 0.25) is 0 Å². The van der Waals surface area contributed by atoms with E-state index in [2.05, 4.69) is 35.0 Å². The number of aromatic nitrogens is 2. The fourth-order valence-corrected chi connectivity index (χ4v) is 3.11. The Bertz CT molecular complexity index is 320. The van der Waals surface area contributed by atoms with Gasteiger partial charge in [0, 0.05) is 18.7 Å². The molecule has 0 spiro atoms. The lowest BCUT2D eigenvalue weighted by Crippen LogP contribution is -2.46. The largest absolute Gasteiger partial charge is 0.353 e. The first-order chi connectivity index (χ1) is 8.24. The van der Waals surface area contributed by atoms with Gasteiger partial charge in [-0.1, -0.05) is 20.3 Å². The lowest BCUT2D eigenvalue weighted by atomic mass is 9.87. The van der Waals surface area contributed by atoms with E-state index in [-0.39, 0.29) is 0 Å². The molecule has 4 heteroatoms. The monoisotopic (exact) mass is 236 g/mol. The minimum atomic E-state index is 0.531. The maximum Gasteiger partial charge on any atom is 0.124 e. The molecule has 0 aromatic carbocycles. The first kappa shape index (κ1) is 12.4. The van der Waals surface area contributed by atoms with Gasteiger partial charge < -0.3 is 10.6 Å². The van der Waals surface area contributed by atoms with Crippen LogP contribution in [0.3, 0.4) is 0 Å². The summed E-state index contributed by atoms with van der Waals surface area (Å²) in [5.74, 6) is 2.36. The zero-order chi connectivity index (χ0) is 12.3. The Balaban J connectivity index is 2.25. The molecule has 1 aliphatic heterocycles. The molecule has 0 bridgehead atoms. The molecule has 0 unspecified atom stereocenters. The molecule has 17 heavy (non-hydrogen) atoms. The van der Waals surface area contributed by atoms with E-state index < -0.39 is 0 Å². The average molecular weight is 236 g/mol. The molecule has 0 radical (unpaired) electrons. The van der Waals surface area contributed by atoms with Crippen molar-refractivity contribution < 1.29 is 0 Å². The highest BCUT2D eigenvalue weighted by atomic mass is 15.3. The molecule has 1 aromatic rings. The van der Waals surface area contributed by atoms with Crippen molar-refractivity contribution in [3.05, 3.63) is 12.3 Å². The molecule has 2 atom stereocenters. The third-order valence-corrected chi connectivity index (χ3v) is 3.85. The second-order valence-corrected chi connectivity index (χ2v) is 5.36. The van der Waals surface area contributed by atoms with Crippen LogP contribution in [-0.2, 0) is 0 Å². The second-order valence-electron chi connectivity index (χ2n) is 5.36. The van der Waals surface area contributed by atoms with E-state index in [0.717, 1.165) is 18.9 Å². The average Bonchev–Trinajstić information content (AvgIpc) is 2.74. The fraction of sp³-hybridized carbons (Fsp3) is 0.769. The van der Waals surface area contributed by atoms with Gasteiger partial charge in [-0.05, 0) is 31.2 Å². The van der Waals surface area contributed by atoms with Gasteiger partial charge in [-0.15, -0.1) is 0 Å². The van der Waals surface area contributed by atoms with Gasteiger partial charge in [-0.2, -0.15) is 5.10 Å². The van der Waals surface area contributed by atoms with E-state index in [4.69, 9.17) is 5.73 Å². The zero-order valence-electron chi connectivity index (χ0n) is 10.9. The molecule has 0 saturated carbocycles. The van der Waals surface area contributed by atoms with E-state index >= 15 is 0 Å². The molecule has 3 N–H and O–H groups in total. The third kappa shape index (κ3) is 2.63. The highest BCUT2D eigenvalue weighted by molar-refractivity contribution is 5.39. The predicted octanol–water partition coefficient (Wildman–Crippen LogP) is 2.00. The number of rotatable bonds is 3. The molecule has 0 aliphatic carbocycles. The van der Waals surface area contributed by atoms with Crippen molar-refractivity contribution in [3.63, 3.8) is 0 Å². The quantitative estimate of drug-likeness (QED) is 0.844. The molecule has 2 heterocycles. The summed E-state index contributed by atoms with van der Waals surface area (Å²) >= 11 is 0. The normalized spacial score (nSPS) is 26.2. The van der Waals surface area contributed by atoms with Crippen molar-refractivity contribution in [2.45, 2.75) is 39.2 Å². The molecule has 1 fully saturated rings. The molecule has 96 valence electrons. The Morgan fingerprint density at radius 1 is 1.53 bits per heavy atom. The van der Waals surface area contributed by atoms with Crippen LogP contribution in [0.2, 0.25) is 0 Å². The van der Waals surface area contributed by atoms with Crippen molar-refractivity contribution in [1.29, 1.82) is 0 Å². The highest BCUT2D eigenvalue weighted by Crippen LogP contribution is 2.30. The van der Waals surface area contributed by atoms with Crippen LogP contribution in [0.1, 0.15) is 33.1 Å². The summed E-state index contributed by atoms with van der Waals surface area (Å²) in [4.78, 5) is 2.47. The van der Waals surface area contributed by atoms with Gasteiger partial charge in [0.15, 0.2) is 0 Å². The number of H-pyrrole nitrogens is 1. The number of nitrogens with zero attached hydrogens (tertiary/aromatic N) is 2. The standard InChI is InChI=1S/C13H24N4/c1-10(2)13-11(9-14)5-3-4-8-17(13)12-6-7-15-16-12/h6-7,10-11,13H,3-5,8-9,14H2,1-2H3,(H,15,16)/t11-,13-/m1/s1. The van der Waals surface area contributed by atoms with Crippen molar-refractivity contribution in [2.24, 2.45) is 17.6 Å². The number of aromatic amines is 1. The topological polar surface area (TPSA) is 57.9 Å². The van der Waals surface area contributed by atoms with Crippen molar-refractivity contribution in [3.8, 4) is 0 Å². The van der Waals surface area contributed by atoms with Crippen molar-refractivity contribution >= 4 is 5.82 Å². The summed E-state index contributed by atoms with van der Waals surface area (Å²) in [5, 5.41) is 7.17. The number of nitrogens with one attached hydrogen (secondary N) is 1. The van der Waals surface area contributed by atoms with E-state index in [1.165, 1.54) is 19.3 Å². The van der Waals surface area contributed by atoms with Crippen LogP contribution in [0.4, 0.5) is 5.82 Å². The van der Waals surface area contributed by atoms with Crippen LogP contribution < -0.4 is 10.6 Å². The minimum Gasteiger partial charge on any atom is -0.353 e. The number of anilines is 1. The molecule has 1 saturated heterocycles. The number of hydrogen-bond acceptors (Lipinski definition) is 3. The van der Waals surface area contributed by atoms with E-state index in [1.807, 2.05) is 6.20 Å². The molecule has 1 aliphatic rings. The van der Waals surface area contributed by atoms with Crippen molar-refractivity contribution in [1.82, 2.24) is 10.2 Å². The minimum absolute atomic E-state index is 0.531. The van der Waals surface area contributed by atoms with E-state index in [0.29, 0.717) is 17.9 Å². The molecular formula is C13H24N4. The van der Waals surface area contributed by atoms with Crippen LogP contribution in [0.25, 0.3) is 0 Å². The molecule has 2 rings (SSSR count). The van der Waals surface area contributed by atoms with Gasteiger partial charge in [0.1, 0.15) is 5.82 Å². The lowest BCUT2D eigenvalue weighted by Gasteiger charge is -2.38. The maximum atomic E-state index is 5.96. The Morgan fingerprint density at radius 2 is 2.35 bits per heavy atom. The first-order valence-corrected chi connectivity index (χ1v) is 6.70. The maximum absolute atomic E-state index is 5.96. The smallest absolute Gasteiger partial charge is 0.124 e. The second kappa shape index (κ2) is 5.54. The van der Waals surface area contributed by atoms with Gasteiger partial charge in [-0.25, -0.2) is 0 Å². The molecule has 0 amide bonds. The fourth-order valence-electron chi connectivity index (χ4n) is 3.11. The molecular weight excluding hydrogens is 212 g/mol. The van der Waals surface area contributed by atoms with E-state index in [9.17, 15) is 0 Å². The van der Waals surface area contributed by atoms with Crippen molar-refractivity contribution in [2.75, 3.05) is 18.0 Å². The molecule has 1 aromatic heterocycles. The number of nitrogens with two attached hydrogens (primary N) is 1. The van der Waals surface area contributed by atoms with E-state index in [1.54, 1.807) is 0 Å². The Morgan fingerprint density at radius 3 is 2.94 bits per heavy atom. The Labute approximate surface area is 104 Å². The summed E-state index contributed by atoms with van der Waals surface area (Å²) < 4.78 is 0. The summed E-state index contributed by atoms with van der Waals surface area (Å²) in [6.07, 6.45) is 5.62. The van der Waals surface area contributed by atoms with Gasteiger partial charge >= 0.3 is 0 Å². The Kier molecular flexibility index (Phi) is 4.05. The van der Waals surface area contributed by atoms with Crippen LogP contribution in [-0.4, -0.2) is 29.3 Å². The van der Waals surface area contributed by atoms with Crippen LogP contribution in [0.5, 0.6) is 0 Å². The summed E-state index contributed by atoms with van der Waals surface area (Å²) in [7, 11) is 0.